The summed E-state index contributed by atoms with van der Waals surface area (Å²) in [5.74, 6) is -1.15. The molecule has 2 aromatic carbocycles. The highest BCUT2D eigenvalue weighted by Gasteiger charge is 2.47. The van der Waals surface area contributed by atoms with Gasteiger partial charge in [-0.05, 0) is 28.8 Å². The third-order valence-corrected chi connectivity index (χ3v) is 4.54. The third-order valence-electron chi connectivity index (χ3n) is 4.54. The van der Waals surface area contributed by atoms with E-state index in [1.54, 1.807) is 6.08 Å². The molecule has 0 aliphatic heterocycles. The van der Waals surface area contributed by atoms with Crippen molar-refractivity contribution in [2.45, 2.75) is 5.92 Å². The number of hydrogen-bond donors (Lipinski definition) is 1. The van der Waals surface area contributed by atoms with E-state index in [0.29, 0.717) is 11.1 Å². The van der Waals surface area contributed by atoms with Crippen LogP contribution in [0.5, 0.6) is 0 Å². The molecule has 1 atom stereocenters. The molecule has 0 unspecified atom stereocenters. The summed E-state index contributed by atoms with van der Waals surface area (Å²) in [5, 5.41) is 29.2. The molecule has 0 spiro atoms. The first kappa shape index (κ1) is 17.0. The van der Waals surface area contributed by atoms with Crippen molar-refractivity contribution in [3.8, 4) is 18.2 Å². The summed E-state index contributed by atoms with van der Waals surface area (Å²) in [6.07, 6.45) is 1.70. The third kappa shape index (κ3) is 2.51. The van der Waals surface area contributed by atoms with Gasteiger partial charge in [-0.15, -0.1) is 0 Å². The molecule has 0 aromatic heterocycles. The molecule has 0 radical (unpaired) electrons. The molecule has 3 rings (SSSR count). The van der Waals surface area contributed by atoms with Crippen LogP contribution in [0, 0.1) is 45.2 Å². The molecule has 0 fully saturated rings. The lowest BCUT2D eigenvalue weighted by Crippen LogP contribution is -2.35. The zero-order chi connectivity index (χ0) is 18.7. The van der Waals surface area contributed by atoms with Gasteiger partial charge in [0.15, 0.2) is 5.41 Å². The molecule has 0 saturated carbocycles. The van der Waals surface area contributed by atoms with Crippen LogP contribution in [-0.4, -0.2) is 0 Å². The maximum Gasteiger partial charge on any atom is 0.194 e. The molecule has 26 heavy (non-hydrogen) atoms. The normalized spacial score (nSPS) is 18.2. The minimum Gasteiger partial charge on any atom is -0.399 e. The summed E-state index contributed by atoms with van der Waals surface area (Å²) in [5.41, 5.74) is 6.35. The van der Waals surface area contributed by atoms with Crippen LogP contribution < -0.4 is 5.73 Å². The molecule has 4 nitrogen and oxygen atoms in total. The van der Waals surface area contributed by atoms with E-state index in [1.807, 2.05) is 48.5 Å². The number of nitrogens with zero attached hydrogens (tertiary/aromatic N) is 3. The fraction of sp³-hybridized carbons (Fsp3) is 0.0952. The van der Waals surface area contributed by atoms with Gasteiger partial charge in [0.2, 0.25) is 0 Å². The largest absolute Gasteiger partial charge is 0.399 e. The molecule has 0 bridgehead atoms. The van der Waals surface area contributed by atoms with Gasteiger partial charge in [-0.2, -0.15) is 15.8 Å². The van der Waals surface area contributed by atoms with Crippen LogP contribution in [0.3, 0.4) is 0 Å². The molecule has 0 heterocycles. The van der Waals surface area contributed by atoms with E-state index < -0.39 is 17.2 Å². The van der Waals surface area contributed by atoms with Gasteiger partial charge in [-0.3, -0.25) is 0 Å². The van der Waals surface area contributed by atoms with Crippen molar-refractivity contribution in [1.82, 2.24) is 0 Å². The predicted octanol–water partition coefficient (Wildman–Crippen LogP) is 3.78. The first-order valence-electron chi connectivity index (χ1n) is 7.83. The van der Waals surface area contributed by atoms with Crippen LogP contribution in [-0.2, 0) is 0 Å². The Morgan fingerprint density at radius 1 is 0.923 bits per heavy atom. The Kier molecular flexibility index (Phi) is 4.27. The second-order valence-corrected chi connectivity index (χ2v) is 5.91. The van der Waals surface area contributed by atoms with Crippen LogP contribution in [0.4, 0.5) is 4.39 Å². The predicted molar refractivity (Wildman–Crippen MR) is 94.0 cm³/mol. The number of nitriles is 3. The van der Waals surface area contributed by atoms with E-state index in [1.165, 1.54) is 24.3 Å². The second kappa shape index (κ2) is 6.55. The highest BCUT2D eigenvalue weighted by molar-refractivity contribution is 5.87. The molecule has 124 valence electrons. The second-order valence-electron chi connectivity index (χ2n) is 5.91. The van der Waals surface area contributed by atoms with Crippen LogP contribution >= 0.6 is 0 Å². The smallest absolute Gasteiger partial charge is 0.194 e. The quantitative estimate of drug-likeness (QED) is 0.899. The summed E-state index contributed by atoms with van der Waals surface area (Å²) < 4.78 is 13.3. The molecule has 1 aliphatic carbocycles. The van der Waals surface area contributed by atoms with Crippen molar-refractivity contribution in [3.05, 3.63) is 88.9 Å². The summed E-state index contributed by atoms with van der Waals surface area (Å²) in [4.78, 5) is 0. The maximum absolute atomic E-state index is 13.3. The van der Waals surface area contributed by atoms with Crippen molar-refractivity contribution in [1.29, 1.82) is 15.8 Å². The zero-order valence-electron chi connectivity index (χ0n) is 13.6. The Morgan fingerprint density at radius 2 is 1.54 bits per heavy atom. The number of benzene rings is 2. The molecule has 2 N–H and O–H groups in total. The zero-order valence-corrected chi connectivity index (χ0v) is 13.6. The van der Waals surface area contributed by atoms with Crippen molar-refractivity contribution in [2.24, 2.45) is 11.1 Å². The number of allylic oxidation sites excluding steroid dienone is 4. The standard InChI is InChI=1S/C21H13FN4/c22-16-8-6-15(7-9-16)19-10-17(14-4-2-1-3-5-14)18(11-23)20(26)21(19,12-24)13-25/h1-10,19H,26H2/t19-/m1/s1. The fourth-order valence-electron chi connectivity index (χ4n) is 3.16. The van der Waals surface area contributed by atoms with Gasteiger partial charge in [-0.25, -0.2) is 4.39 Å². The first-order valence-corrected chi connectivity index (χ1v) is 7.83. The van der Waals surface area contributed by atoms with E-state index in [-0.39, 0.29) is 11.3 Å². The van der Waals surface area contributed by atoms with Gasteiger partial charge in [0.1, 0.15) is 11.9 Å². The van der Waals surface area contributed by atoms with Crippen LogP contribution in [0.15, 0.2) is 71.9 Å². The van der Waals surface area contributed by atoms with Gasteiger partial charge in [-0.1, -0.05) is 48.5 Å². The Hall–Kier alpha value is -3.88. The van der Waals surface area contributed by atoms with Gasteiger partial charge < -0.3 is 5.73 Å². The lowest BCUT2D eigenvalue weighted by atomic mass is 9.65. The Labute approximate surface area is 150 Å². The van der Waals surface area contributed by atoms with Gasteiger partial charge in [0.05, 0.1) is 23.4 Å². The van der Waals surface area contributed by atoms with Crippen LogP contribution in [0.25, 0.3) is 5.57 Å². The summed E-state index contributed by atoms with van der Waals surface area (Å²) in [6, 6.07) is 20.7. The number of halogens is 1. The van der Waals surface area contributed by atoms with Crippen molar-refractivity contribution in [2.75, 3.05) is 0 Å². The molecule has 0 saturated heterocycles. The average molecular weight is 340 g/mol. The van der Waals surface area contributed by atoms with E-state index in [4.69, 9.17) is 5.73 Å². The topological polar surface area (TPSA) is 97.4 Å². The minimum atomic E-state index is -1.73. The Morgan fingerprint density at radius 3 is 2.08 bits per heavy atom. The van der Waals surface area contributed by atoms with Crippen LogP contribution in [0.2, 0.25) is 0 Å². The lowest BCUT2D eigenvalue weighted by molar-refractivity contribution is 0.532. The SMILES string of the molecule is N#CC1=C(N)C(C#N)(C#N)[C@@H](c2ccc(F)cc2)C=C1c1ccccc1. The van der Waals surface area contributed by atoms with E-state index in [2.05, 4.69) is 0 Å². The summed E-state index contributed by atoms with van der Waals surface area (Å²) in [6.45, 7) is 0. The molecule has 5 heteroatoms. The van der Waals surface area contributed by atoms with E-state index in [9.17, 15) is 20.2 Å². The van der Waals surface area contributed by atoms with E-state index in [0.717, 1.165) is 5.56 Å². The highest BCUT2D eigenvalue weighted by atomic mass is 19.1. The summed E-state index contributed by atoms with van der Waals surface area (Å²) >= 11 is 0. The fourth-order valence-corrected chi connectivity index (χ4v) is 3.16. The molecule has 1 aliphatic rings. The maximum atomic E-state index is 13.3. The van der Waals surface area contributed by atoms with E-state index >= 15 is 0 Å². The average Bonchev–Trinajstić information content (AvgIpc) is 2.69. The molecule has 0 amide bonds. The number of nitrogens with two attached hydrogens (primary N) is 1. The van der Waals surface area contributed by atoms with Crippen molar-refractivity contribution in [3.63, 3.8) is 0 Å². The van der Waals surface area contributed by atoms with Gasteiger partial charge in [0, 0.05) is 5.92 Å². The first-order chi connectivity index (χ1) is 12.6. The van der Waals surface area contributed by atoms with Gasteiger partial charge >= 0.3 is 0 Å². The Bertz CT molecular complexity index is 1010. The number of rotatable bonds is 2. The van der Waals surface area contributed by atoms with Crippen molar-refractivity contribution < 1.29 is 4.39 Å². The molecular formula is C21H13FN4. The lowest BCUT2D eigenvalue weighted by Gasteiger charge is -2.33. The van der Waals surface area contributed by atoms with Crippen LogP contribution in [0.1, 0.15) is 17.0 Å². The minimum absolute atomic E-state index is 0.0827. The highest BCUT2D eigenvalue weighted by Crippen LogP contribution is 2.48. The molecule has 2 aromatic rings. The number of hydrogen-bond acceptors (Lipinski definition) is 4. The Balaban J connectivity index is 2.30. The van der Waals surface area contributed by atoms with Crippen molar-refractivity contribution >= 4 is 5.57 Å². The monoisotopic (exact) mass is 340 g/mol. The van der Waals surface area contributed by atoms with Gasteiger partial charge in [0.25, 0.3) is 0 Å². The summed E-state index contributed by atoms with van der Waals surface area (Å²) in [7, 11) is 0. The molecular weight excluding hydrogens is 327 g/mol.